The molecular formula is C17H21N3O. The highest BCUT2D eigenvalue weighted by Gasteiger charge is 2.25. The molecule has 2 heterocycles. The minimum absolute atomic E-state index is 0.000275. The van der Waals surface area contributed by atoms with Crippen molar-refractivity contribution in [3.63, 3.8) is 0 Å². The lowest BCUT2D eigenvalue weighted by Crippen LogP contribution is -2.45. The lowest BCUT2D eigenvalue weighted by molar-refractivity contribution is 0.160. The zero-order valence-electron chi connectivity index (χ0n) is 12.4. The summed E-state index contributed by atoms with van der Waals surface area (Å²) in [6.07, 6.45) is 6.20. The van der Waals surface area contributed by atoms with Crippen molar-refractivity contribution in [1.82, 2.24) is 9.88 Å². The number of hydrogen-bond acceptors (Lipinski definition) is 2. The molecule has 2 aromatic rings. The number of para-hydroxylation sites is 1. The van der Waals surface area contributed by atoms with Crippen LogP contribution in [0.1, 0.15) is 32.6 Å². The van der Waals surface area contributed by atoms with Crippen molar-refractivity contribution < 1.29 is 4.79 Å². The Labute approximate surface area is 125 Å². The van der Waals surface area contributed by atoms with E-state index in [1.165, 1.54) is 6.42 Å². The zero-order chi connectivity index (χ0) is 14.7. The van der Waals surface area contributed by atoms with Crippen LogP contribution >= 0.6 is 0 Å². The Morgan fingerprint density at radius 1 is 1.33 bits per heavy atom. The van der Waals surface area contributed by atoms with Crippen LogP contribution in [0.3, 0.4) is 0 Å². The average molecular weight is 283 g/mol. The molecule has 0 bridgehead atoms. The van der Waals surface area contributed by atoms with E-state index in [0.717, 1.165) is 42.4 Å². The van der Waals surface area contributed by atoms with Crippen molar-refractivity contribution >= 4 is 22.6 Å². The van der Waals surface area contributed by atoms with E-state index < -0.39 is 0 Å². The van der Waals surface area contributed by atoms with Crippen molar-refractivity contribution in [1.29, 1.82) is 0 Å². The number of nitrogens with one attached hydrogen (secondary N) is 1. The van der Waals surface area contributed by atoms with Crippen LogP contribution in [-0.4, -0.2) is 28.5 Å². The Kier molecular flexibility index (Phi) is 4.04. The van der Waals surface area contributed by atoms with Gasteiger partial charge in [0, 0.05) is 24.2 Å². The standard InChI is InChI=1S/C17H21N3O/c1-2-14-9-3-4-12-20(14)17(21)19-15-10-5-7-13-8-6-11-18-16(13)15/h5-8,10-11,14H,2-4,9,12H2,1H3,(H,19,21). The highest BCUT2D eigenvalue weighted by molar-refractivity contribution is 5.99. The molecule has 1 fully saturated rings. The molecule has 1 aliphatic rings. The van der Waals surface area contributed by atoms with Gasteiger partial charge < -0.3 is 10.2 Å². The quantitative estimate of drug-likeness (QED) is 0.904. The first-order valence-electron chi connectivity index (χ1n) is 7.71. The Balaban J connectivity index is 1.83. The number of carbonyl (C=O) groups excluding carboxylic acids is 1. The first-order valence-corrected chi connectivity index (χ1v) is 7.71. The van der Waals surface area contributed by atoms with Crippen LogP contribution in [0.2, 0.25) is 0 Å². The van der Waals surface area contributed by atoms with Crippen LogP contribution in [0, 0.1) is 0 Å². The predicted octanol–water partition coefficient (Wildman–Crippen LogP) is 4.03. The summed E-state index contributed by atoms with van der Waals surface area (Å²) in [5.74, 6) is 0. The van der Waals surface area contributed by atoms with E-state index in [2.05, 4.69) is 17.2 Å². The van der Waals surface area contributed by atoms with Crippen LogP contribution in [0.25, 0.3) is 10.9 Å². The molecule has 3 rings (SSSR count). The number of pyridine rings is 1. The smallest absolute Gasteiger partial charge is 0.322 e. The Hall–Kier alpha value is -2.10. The molecule has 1 saturated heterocycles. The summed E-state index contributed by atoms with van der Waals surface area (Å²) >= 11 is 0. The van der Waals surface area contributed by atoms with Gasteiger partial charge in [-0.25, -0.2) is 4.79 Å². The normalized spacial score (nSPS) is 18.7. The van der Waals surface area contributed by atoms with Gasteiger partial charge in [-0.3, -0.25) is 4.98 Å². The van der Waals surface area contributed by atoms with Crippen molar-refractivity contribution in [2.45, 2.75) is 38.6 Å². The minimum Gasteiger partial charge on any atom is -0.322 e. The Bertz CT molecular complexity index is 635. The van der Waals surface area contributed by atoms with E-state index in [1.807, 2.05) is 35.2 Å². The molecule has 2 amide bonds. The lowest BCUT2D eigenvalue weighted by atomic mass is 10.0. The van der Waals surface area contributed by atoms with Crippen LogP contribution in [-0.2, 0) is 0 Å². The van der Waals surface area contributed by atoms with Gasteiger partial charge in [-0.05, 0) is 37.8 Å². The number of amides is 2. The number of carbonyl (C=O) groups is 1. The highest BCUT2D eigenvalue weighted by atomic mass is 16.2. The summed E-state index contributed by atoms with van der Waals surface area (Å²) in [4.78, 5) is 18.9. The average Bonchev–Trinajstić information content (AvgIpc) is 2.55. The van der Waals surface area contributed by atoms with Gasteiger partial charge in [-0.2, -0.15) is 0 Å². The molecule has 4 nitrogen and oxygen atoms in total. The van der Waals surface area contributed by atoms with Gasteiger partial charge in [0.15, 0.2) is 0 Å². The number of aromatic nitrogens is 1. The summed E-state index contributed by atoms with van der Waals surface area (Å²) in [7, 11) is 0. The van der Waals surface area contributed by atoms with E-state index >= 15 is 0 Å². The van der Waals surface area contributed by atoms with Gasteiger partial charge in [-0.15, -0.1) is 0 Å². The second kappa shape index (κ2) is 6.12. The molecule has 0 saturated carbocycles. The minimum atomic E-state index is -0.000275. The summed E-state index contributed by atoms with van der Waals surface area (Å²) < 4.78 is 0. The molecule has 0 radical (unpaired) electrons. The van der Waals surface area contributed by atoms with E-state index in [1.54, 1.807) is 6.20 Å². The molecule has 0 spiro atoms. The van der Waals surface area contributed by atoms with E-state index in [4.69, 9.17) is 0 Å². The maximum Gasteiger partial charge on any atom is 0.322 e. The first-order chi connectivity index (χ1) is 10.3. The van der Waals surface area contributed by atoms with Crippen LogP contribution in [0.4, 0.5) is 10.5 Å². The highest BCUT2D eigenvalue weighted by Crippen LogP contribution is 2.24. The summed E-state index contributed by atoms with van der Waals surface area (Å²) in [5.41, 5.74) is 1.64. The van der Waals surface area contributed by atoms with Gasteiger partial charge in [0.25, 0.3) is 0 Å². The summed E-state index contributed by atoms with van der Waals surface area (Å²) in [5, 5.41) is 4.09. The van der Waals surface area contributed by atoms with Gasteiger partial charge >= 0.3 is 6.03 Å². The molecule has 110 valence electrons. The molecule has 1 aromatic carbocycles. The topological polar surface area (TPSA) is 45.2 Å². The van der Waals surface area contributed by atoms with Crippen molar-refractivity contribution in [3.05, 3.63) is 36.5 Å². The monoisotopic (exact) mass is 283 g/mol. The van der Waals surface area contributed by atoms with E-state index in [-0.39, 0.29) is 6.03 Å². The number of piperidine rings is 1. The molecule has 0 aliphatic carbocycles. The van der Waals surface area contributed by atoms with Crippen LogP contribution in [0.15, 0.2) is 36.5 Å². The third kappa shape index (κ3) is 2.84. The van der Waals surface area contributed by atoms with Crippen molar-refractivity contribution in [2.75, 3.05) is 11.9 Å². The molecule has 1 N–H and O–H groups in total. The lowest BCUT2D eigenvalue weighted by Gasteiger charge is -2.35. The SMILES string of the molecule is CCC1CCCCN1C(=O)Nc1cccc2cccnc12. The number of rotatable bonds is 2. The molecule has 21 heavy (non-hydrogen) atoms. The number of nitrogens with zero attached hydrogens (tertiary/aromatic N) is 2. The molecule has 4 heteroatoms. The zero-order valence-corrected chi connectivity index (χ0v) is 12.4. The van der Waals surface area contributed by atoms with Gasteiger partial charge in [0.2, 0.25) is 0 Å². The molecule has 1 unspecified atom stereocenters. The molecule has 1 aliphatic heterocycles. The van der Waals surface area contributed by atoms with Gasteiger partial charge in [-0.1, -0.05) is 25.1 Å². The van der Waals surface area contributed by atoms with Gasteiger partial charge in [0.1, 0.15) is 0 Å². The number of hydrogen-bond donors (Lipinski definition) is 1. The Morgan fingerprint density at radius 2 is 2.19 bits per heavy atom. The predicted molar refractivity (Wildman–Crippen MR) is 85.4 cm³/mol. The van der Waals surface area contributed by atoms with Crippen molar-refractivity contribution in [2.24, 2.45) is 0 Å². The summed E-state index contributed by atoms with van der Waals surface area (Å²) in [6.45, 7) is 3.00. The number of anilines is 1. The summed E-state index contributed by atoms with van der Waals surface area (Å²) in [6, 6.07) is 10.2. The number of benzene rings is 1. The second-order valence-electron chi connectivity index (χ2n) is 5.56. The largest absolute Gasteiger partial charge is 0.322 e. The number of likely N-dealkylation sites (tertiary alicyclic amines) is 1. The molecular weight excluding hydrogens is 262 g/mol. The van der Waals surface area contributed by atoms with Crippen LogP contribution in [0.5, 0.6) is 0 Å². The fourth-order valence-electron chi connectivity index (χ4n) is 3.08. The van der Waals surface area contributed by atoms with E-state index in [0.29, 0.717) is 6.04 Å². The number of fused-ring (bicyclic) bond motifs is 1. The fourth-order valence-corrected chi connectivity index (χ4v) is 3.08. The maximum absolute atomic E-state index is 12.6. The molecule has 1 atom stereocenters. The number of urea groups is 1. The Morgan fingerprint density at radius 3 is 3.05 bits per heavy atom. The third-order valence-corrected chi connectivity index (χ3v) is 4.23. The maximum atomic E-state index is 12.6. The fraction of sp³-hybridized carbons (Fsp3) is 0.412. The van der Waals surface area contributed by atoms with Crippen molar-refractivity contribution in [3.8, 4) is 0 Å². The van der Waals surface area contributed by atoms with Crippen LogP contribution < -0.4 is 5.32 Å². The first kappa shape index (κ1) is 13.9. The third-order valence-electron chi connectivity index (χ3n) is 4.23. The molecule has 1 aromatic heterocycles. The van der Waals surface area contributed by atoms with E-state index in [9.17, 15) is 4.79 Å². The second-order valence-corrected chi connectivity index (χ2v) is 5.56. The van der Waals surface area contributed by atoms with Gasteiger partial charge in [0.05, 0.1) is 11.2 Å².